The molecule has 1 heterocycles. The second-order valence-electron chi connectivity index (χ2n) is 4.95. The predicted molar refractivity (Wildman–Crippen MR) is 88.5 cm³/mol. The Bertz CT molecular complexity index is 762. The van der Waals surface area contributed by atoms with E-state index in [4.69, 9.17) is 5.73 Å². The van der Waals surface area contributed by atoms with Gasteiger partial charge in [0.1, 0.15) is 0 Å². The van der Waals surface area contributed by atoms with E-state index in [2.05, 4.69) is 35.0 Å². The average Bonchev–Trinajstić information content (AvgIpc) is 2.89. The van der Waals surface area contributed by atoms with Crippen LogP contribution in [0.4, 0.5) is 5.69 Å². The zero-order chi connectivity index (χ0) is 14.7. The molecule has 0 spiro atoms. The molecule has 0 bridgehead atoms. The summed E-state index contributed by atoms with van der Waals surface area (Å²) < 4.78 is 1.31. The fraction of sp³-hybridized carbons (Fsp3) is 0.118. The molecule has 0 fully saturated rings. The molecule has 3 aromatic rings. The average molecular weight is 296 g/mol. The fourth-order valence-electron chi connectivity index (χ4n) is 2.31. The number of benzene rings is 2. The number of primary amides is 1. The van der Waals surface area contributed by atoms with Crippen LogP contribution in [0.5, 0.6) is 0 Å². The fourth-order valence-corrected chi connectivity index (χ4v) is 3.27. The first-order valence-corrected chi connectivity index (χ1v) is 7.66. The van der Waals surface area contributed by atoms with Gasteiger partial charge in [-0.2, -0.15) is 0 Å². The number of nitrogens with one attached hydrogen (secondary N) is 1. The summed E-state index contributed by atoms with van der Waals surface area (Å²) in [6, 6.07) is 16.2. The molecule has 0 aliphatic rings. The third kappa shape index (κ3) is 3.23. The van der Waals surface area contributed by atoms with Crippen molar-refractivity contribution in [2.24, 2.45) is 5.73 Å². The molecule has 2 aromatic carbocycles. The van der Waals surface area contributed by atoms with Gasteiger partial charge in [0.2, 0.25) is 5.91 Å². The Balaban J connectivity index is 1.68. The quantitative estimate of drug-likeness (QED) is 0.756. The maximum absolute atomic E-state index is 10.9. The molecule has 0 aliphatic heterocycles. The van der Waals surface area contributed by atoms with Crippen LogP contribution in [-0.2, 0) is 17.8 Å². The number of amides is 1. The first-order chi connectivity index (χ1) is 10.2. The van der Waals surface area contributed by atoms with E-state index in [1.807, 2.05) is 24.3 Å². The van der Waals surface area contributed by atoms with Crippen LogP contribution in [0.15, 0.2) is 53.9 Å². The number of rotatable bonds is 5. The van der Waals surface area contributed by atoms with E-state index in [-0.39, 0.29) is 12.3 Å². The van der Waals surface area contributed by atoms with Gasteiger partial charge in [-0.1, -0.05) is 30.3 Å². The van der Waals surface area contributed by atoms with Crippen LogP contribution in [0.25, 0.3) is 10.1 Å². The molecule has 3 N–H and O–H groups in total. The molecule has 3 nitrogen and oxygen atoms in total. The van der Waals surface area contributed by atoms with Crippen LogP contribution in [-0.4, -0.2) is 5.91 Å². The summed E-state index contributed by atoms with van der Waals surface area (Å²) in [5.74, 6) is -0.305. The highest BCUT2D eigenvalue weighted by Crippen LogP contribution is 2.26. The van der Waals surface area contributed by atoms with Gasteiger partial charge in [-0.15, -0.1) is 11.3 Å². The lowest BCUT2D eigenvalue weighted by atomic mass is 10.1. The number of nitrogens with two attached hydrogens (primary N) is 1. The van der Waals surface area contributed by atoms with Crippen molar-refractivity contribution in [3.63, 3.8) is 0 Å². The van der Waals surface area contributed by atoms with Gasteiger partial charge in [-0.25, -0.2) is 0 Å². The van der Waals surface area contributed by atoms with Crippen molar-refractivity contribution in [3.05, 3.63) is 65.0 Å². The SMILES string of the molecule is NC(=O)Cc1ccc(NCc2csc3ccccc23)cc1. The lowest BCUT2D eigenvalue weighted by molar-refractivity contribution is -0.117. The number of carbonyl (C=O) groups excluding carboxylic acids is 1. The predicted octanol–water partition coefficient (Wildman–Crippen LogP) is 3.54. The summed E-state index contributed by atoms with van der Waals surface area (Å²) in [6.07, 6.45) is 0.287. The third-order valence-corrected chi connectivity index (χ3v) is 4.39. The van der Waals surface area contributed by atoms with Crippen molar-refractivity contribution in [1.29, 1.82) is 0 Å². The molecule has 0 aliphatic carbocycles. The molecule has 0 atom stereocenters. The number of carbonyl (C=O) groups is 1. The lowest BCUT2D eigenvalue weighted by Crippen LogP contribution is -2.13. The van der Waals surface area contributed by atoms with Crippen LogP contribution < -0.4 is 11.1 Å². The summed E-state index contributed by atoms with van der Waals surface area (Å²) in [7, 11) is 0. The molecule has 0 unspecified atom stereocenters. The maximum atomic E-state index is 10.9. The summed E-state index contributed by atoms with van der Waals surface area (Å²) in [5.41, 5.74) is 8.47. The zero-order valence-electron chi connectivity index (χ0n) is 11.5. The van der Waals surface area contributed by atoms with Crippen LogP contribution in [0.1, 0.15) is 11.1 Å². The molecule has 3 rings (SSSR count). The molecule has 1 amide bonds. The standard InChI is InChI=1S/C17H16N2OS/c18-17(20)9-12-5-7-14(8-6-12)19-10-13-11-21-16-4-2-1-3-15(13)16/h1-8,11,19H,9-10H2,(H2,18,20). The van der Waals surface area contributed by atoms with Crippen LogP contribution in [0.3, 0.4) is 0 Å². The van der Waals surface area contributed by atoms with Crippen molar-refractivity contribution < 1.29 is 4.79 Å². The van der Waals surface area contributed by atoms with Gasteiger partial charge < -0.3 is 11.1 Å². The molecule has 0 saturated carbocycles. The molecule has 0 saturated heterocycles. The van der Waals surface area contributed by atoms with Crippen LogP contribution in [0, 0.1) is 0 Å². The van der Waals surface area contributed by atoms with Crippen molar-refractivity contribution in [2.45, 2.75) is 13.0 Å². The topological polar surface area (TPSA) is 55.1 Å². The number of hydrogen-bond donors (Lipinski definition) is 2. The van der Waals surface area contributed by atoms with Gasteiger partial charge in [0, 0.05) is 16.9 Å². The number of thiophene rings is 1. The van der Waals surface area contributed by atoms with E-state index in [9.17, 15) is 4.79 Å². The first kappa shape index (κ1) is 13.6. The van der Waals surface area contributed by atoms with E-state index in [0.717, 1.165) is 17.8 Å². The molecular formula is C17H16N2OS. The highest BCUT2D eigenvalue weighted by atomic mass is 32.1. The summed E-state index contributed by atoms with van der Waals surface area (Å²) in [4.78, 5) is 10.9. The second kappa shape index (κ2) is 5.97. The maximum Gasteiger partial charge on any atom is 0.221 e. The minimum absolute atomic E-state index is 0.287. The van der Waals surface area contributed by atoms with Gasteiger partial charge in [0.05, 0.1) is 6.42 Å². The number of fused-ring (bicyclic) bond motifs is 1. The van der Waals surface area contributed by atoms with Gasteiger partial charge in [0.15, 0.2) is 0 Å². The van der Waals surface area contributed by atoms with Crippen molar-refractivity contribution in [3.8, 4) is 0 Å². The first-order valence-electron chi connectivity index (χ1n) is 6.78. The molecule has 0 radical (unpaired) electrons. The normalized spacial score (nSPS) is 10.7. The minimum Gasteiger partial charge on any atom is -0.381 e. The van der Waals surface area contributed by atoms with Crippen LogP contribution >= 0.6 is 11.3 Å². The Morgan fingerprint density at radius 2 is 1.86 bits per heavy atom. The van der Waals surface area contributed by atoms with Crippen molar-refractivity contribution in [2.75, 3.05) is 5.32 Å². The monoisotopic (exact) mass is 296 g/mol. The van der Waals surface area contributed by atoms with E-state index >= 15 is 0 Å². The van der Waals surface area contributed by atoms with Gasteiger partial charge in [-0.3, -0.25) is 4.79 Å². The molecule has 106 valence electrons. The Kier molecular flexibility index (Phi) is 3.88. The van der Waals surface area contributed by atoms with E-state index in [0.29, 0.717) is 0 Å². The second-order valence-corrected chi connectivity index (χ2v) is 5.86. The third-order valence-electron chi connectivity index (χ3n) is 3.38. The molecule has 4 heteroatoms. The zero-order valence-corrected chi connectivity index (χ0v) is 12.3. The summed E-state index contributed by atoms with van der Waals surface area (Å²) in [6.45, 7) is 0.791. The Hall–Kier alpha value is -2.33. The smallest absolute Gasteiger partial charge is 0.221 e. The number of anilines is 1. The van der Waals surface area contributed by atoms with Gasteiger partial charge in [-0.05, 0) is 40.1 Å². The van der Waals surface area contributed by atoms with E-state index < -0.39 is 0 Å². The molecule has 21 heavy (non-hydrogen) atoms. The Morgan fingerprint density at radius 1 is 1.10 bits per heavy atom. The van der Waals surface area contributed by atoms with E-state index in [1.165, 1.54) is 15.6 Å². The highest BCUT2D eigenvalue weighted by Gasteiger charge is 2.03. The number of hydrogen-bond acceptors (Lipinski definition) is 3. The Labute approximate surface area is 127 Å². The largest absolute Gasteiger partial charge is 0.381 e. The summed E-state index contributed by atoms with van der Waals surface area (Å²) >= 11 is 1.77. The van der Waals surface area contributed by atoms with Crippen molar-refractivity contribution >= 4 is 33.0 Å². The summed E-state index contributed by atoms with van der Waals surface area (Å²) in [5, 5.41) is 6.91. The van der Waals surface area contributed by atoms with Gasteiger partial charge in [0.25, 0.3) is 0 Å². The molecule has 1 aromatic heterocycles. The van der Waals surface area contributed by atoms with E-state index in [1.54, 1.807) is 11.3 Å². The highest BCUT2D eigenvalue weighted by molar-refractivity contribution is 7.17. The lowest BCUT2D eigenvalue weighted by Gasteiger charge is -2.07. The Morgan fingerprint density at radius 3 is 2.62 bits per heavy atom. The van der Waals surface area contributed by atoms with Crippen molar-refractivity contribution in [1.82, 2.24) is 0 Å². The molecular weight excluding hydrogens is 280 g/mol. The van der Waals surface area contributed by atoms with Gasteiger partial charge >= 0.3 is 0 Å². The minimum atomic E-state index is -0.305. The van der Waals surface area contributed by atoms with Crippen LogP contribution in [0.2, 0.25) is 0 Å².